The topological polar surface area (TPSA) is 72.2 Å². The van der Waals surface area contributed by atoms with Crippen LogP contribution >= 0.6 is 11.6 Å². The van der Waals surface area contributed by atoms with E-state index in [0.717, 1.165) is 5.52 Å². The Morgan fingerprint density at radius 1 is 1.32 bits per heavy atom. The fourth-order valence-corrected chi connectivity index (χ4v) is 1.84. The SMILES string of the molecule is O=C(Nc1cc(Cl)ncn1)c1cnn2ccccc12. The van der Waals surface area contributed by atoms with Gasteiger partial charge in [0.15, 0.2) is 0 Å². The van der Waals surface area contributed by atoms with Gasteiger partial charge in [0, 0.05) is 12.3 Å². The largest absolute Gasteiger partial charge is 0.306 e. The summed E-state index contributed by atoms with van der Waals surface area (Å²) in [5.41, 5.74) is 1.19. The quantitative estimate of drug-likeness (QED) is 0.725. The lowest BCUT2D eigenvalue weighted by atomic mass is 10.2. The second-order valence-corrected chi connectivity index (χ2v) is 4.16. The van der Waals surface area contributed by atoms with Crippen molar-refractivity contribution < 1.29 is 4.79 Å². The number of nitrogens with zero attached hydrogens (tertiary/aromatic N) is 4. The maximum atomic E-state index is 12.1. The monoisotopic (exact) mass is 273 g/mol. The number of carbonyl (C=O) groups excluding carboxylic acids is 1. The minimum atomic E-state index is -0.295. The fourth-order valence-electron chi connectivity index (χ4n) is 1.70. The summed E-state index contributed by atoms with van der Waals surface area (Å²) >= 11 is 5.73. The molecule has 0 atom stereocenters. The van der Waals surface area contributed by atoms with Crippen LogP contribution in [0.15, 0.2) is 43.0 Å². The first-order valence-corrected chi connectivity index (χ1v) is 5.83. The molecule has 0 fully saturated rings. The van der Waals surface area contributed by atoms with Crippen LogP contribution in [-0.4, -0.2) is 25.5 Å². The second kappa shape index (κ2) is 4.66. The molecule has 3 rings (SSSR count). The van der Waals surface area contributed by atoms with Crippen molar-refractivity contribution in [2.45, 2.75) is 0 Å². The molecule has 3 aromatic rings. The number of nitrogens with one attached hydrogen (secondary N) is 1. The zero-order valence-electron chi connectivity index (χ0n) is 9.62. The number of anilines is 1. The van der Waals surface area contributed by atoms with Crippen LogP contribution in [-0.2, 0) is 0 Å². The lowest BCUT2D eigenvalue weighted by Gasteiger charge is -2.02. The predicted octanol–water partition coefficient (Wildman–Crippen LogP) is 2.03. The van der Waals surface area contributed by atoms with Crippen LogP contribution in [0.3, 0.4) is 0 Å². The molecule has 6 nitrogen and oxygen atoms in total. The van der Waals surface area contributed by atoms with E-state index in [1.54, 1.807) is 10.7 Å². The molecular formula is C12H8ClN5O. The molecule has 1 amide bonds. The predicted molar refractivity (Wildman–Crippen MR) is 70.2 cm³/mol. The Kier molecular flexibility index (Phi) is 2.85. The Balaban J connectivity index is 1.92. The maximum Gasteiger partial charge on any atom is 0.260 e. The third-order valence-electron chi connectivity index (χ3n) is 2.55. The highest BCUT2D eigenvalue weighted by molar-refractivity contribution is 6.29. The number of pyridine rings is 1. The van der Waals surface area contributed by atoms with E-state index < -0.39 is 0 Å². The van der Waals surface area contributed by atoms with Crippen molar-refractivity contribution in [2.24, 2.45) is 0 Å². The first kappa shape index (κ1) is 11.6. The summed E-state index contributed by atoms with van der Waals surface area (Å²) in [7, 11) is 0. The van der Waals surface area contributed by atoms with Gasteiger partial charge in [0.05, 0.1) is 17.3 Å². The number of fused-ring (bicyclic) bond motifs is 1. The zero-order chi connectivity index (χ0) is 13.2. The van der Waals surface area contributed by atoms with E-state index in [2.05, 4.69) is 20.4 Å². The van der Waals surface area contributed by atoms with E-state index in [0.29, 0.717) is 11.4 Å². The molecule has 1 N–H and O–H groups in total. The smallest absolute Gasteiger partial charge is 0.260 e. The molecule has 0 aromatic carbocycles. The summed E-state index contributed by atoms with van der Waals surface area (Å²) in [4.78, 5) is 19.8. The number of halogens is 1. The van der Waals surface area contributed by atoms with Gasteiger partial charge in [0.25, 0.3) is 5.91 Å². The average Bonchev–Trinajstić information content (AvgIpc) is 2.82. The first-order valence-electron chi connectivity index (χ1n) is 5.45. The lowest BCUT2D eigenvalue weighted by molar-refractivity contribution is 0.102. The summed E-state index contributed by atoms with van der Waals surface area (Å²) in [5, 5.41) is 7.01. The number of rotatable bonds is 2. The molecule has 94 valence electrons. The zero-order valence-corrected chi connectivity index (χ0v) is 10.4. The molecule has 3 aromatic heterocycles. The minimum absolute atomic E-state index is 0.269. The van der Waals surface area contributed by atoms with Gasteiger partial charge < -0.3 is 5.32 Å². The molecule has 0 aliphatic heterocycles. The van der Waals surface area contributed by atoms with Crippen LogP contribution in [0.5, 0.6) is 0 Å². The lowest BCUT2D eigenvalue weighted by Crippen LogP contribution is -2.12. The molecule has 0 spiro atoms. The normalized spacial score (nSPS) is 10.6. The number of hydrogen-bond acceptors (Lipinski definition) is 4. The van der Waals surface area contributed by atoms with E-state index in [4.69, 9.17) is 11.6 Å². The van der Waals surface area contributed by atoms with Crippen molar-refractivity contribution in [1.29, 1.82) is 0 Å². The van der Waals surface area contributed by atoms with Crippen molar-refractivity contribution in [3.63, 3.8) is 0 Å². The Morgan fingerprint density at radius 3 is 3.05 bits per heavy atom. The van der Waals surface area contributed by atoms with Gasteiger partial charge >= 0.3 is 0 Å². The Hall–Kier alpha value is -2.47. The molecule has 0 radical (unpaired) electrons. The van der Waals surface area contributed by atoms with E-state index in [1.165, 1.54) is 18.6 Å². The van der Waals surface area contributed by atoms with Gasteiger partial charge in [-0.2, -0.15) is 5.10 Å². The van der Waals surface area contributed by atoms with Crippen LogP contribution in [0, 0.1) is 0 Å². The minimum Gasteiger partial charge on any atom is -0.306 e. The molecule has 0 saturated heterocycles. The summed E-state index contributed by atoms with van der Waals surface area (Å²) in [6.45, 7) is 0. The van der Waals surface area contributed by atoms with E-state index in [-0.39, 0.29) is 11.1 Å². The second-order valence-electron chi connectivity index (χ2n) is 3.77. The summed E-state index contributed by atoms with van der Waals surface area (Å²) in [5.74, 6) is 0.0521. The highest BCUT2D eigenvalue weighted by Gasteiger charge is 2.13. The Labute approximate surface area is 113 Å². The van der Waals surface area contributed by atoms with Crippen molar-refractivity contribution in [1.82, 2.24) is 19.6 Å². The van der Waals surface area contributed by atoms with E-state index in [9.17, 15) is 4.79 Å². The molecule has 0 bridgehead atoms. The molecule has 0 aliphatic rings. The molecule has 0 unspecified atom stereocenters. The molecule has 0 saturated carbocycles. The molecule has 3 heterocycles. The summed E-state index contributed by atoms with van der Waals surface area (Å²) < 4.78 is 1.63. The molecule has 0 aliphatic carbocycles. The fraction of sp³-hybridized carbons (Fsp3) is 0. The highest BCUT2D eigenvalue weighted by atomic mass is 35.5. The number of hydrogen-bond donors (Lipinski definition) is 1. The number of carbonyl (C=O) groups is 1. The van der Waals surface area contributed by atoms with Crippen LogP contribution in [0.2, 0.25) is 5.15 Å². The van der Waals surface area contributed by atoms with Crippen LogP contribution < -0.4 is 5.32 Å². The maximum absolute atomic E-state index is 12.1. The highest BCUT2D eigenvalue weighted by Crippen LogP contribution is 2.13. The molecule has 19 heavy (non-hydrogen) atoms. The number of aromatic nitrogens is 4. The van der Waals surface area contributed by atoms with Crippen molar-refractivity contribution in [3.05, 3.63) is 53.7 Å². The first-order chi connectivity index (χ1) is 9.24. The van der Waals surface area contributed by atoms with Gasteiger partial charge in [-0.25, -0.2) is 14.5 Å². The molecular weight excluding hydrogens is 266 g/mol. The van der Waals surface area contributed by atoms with Gasteiger partial charge in [-0.05, 0) is 12.1 Å². The molecule has 7 heteroatoms. The van der Waals surface area contributed by atoms with Gasteiger partial charge in [0.1, 0.15) is 17.3 Å². The van der Waals surface area contributed by atoms with Gasteiger partial charge in [-0.3, -0.25) is 4.79 Å². The van der Waals surface area contributed by atoms with Crippen LogP contribution in [0.4, 0.5) is 5.82 Å². The Morgan fingerprint density at radius 2 is 2.21 bits per heavy atom. The van der Waals surface area contributed by atoms with Gasteiger partial charge in [-0.1, -0.05) is 17.7 Å². The Bertz CT molecular complexity index is 754. The van der Waals surface area contributed by atoms with Gasteiger partial charge in [0.2, 0.25) is 0 Å². The average molecular weight is 274 g/mol. The summed E-state index contributed by atoms with van der Waals surface area (Å²) in [6, 6.07) is 6.97. The van der Waals surface area contributed by atoms with Crippen LogP contribution in [0.1, 0.15) is 10.4 Å². The third kappa shape index (κ3) is 2.25. The third-order valence-corrected chi connectivity index (χ3v) is 2.75. The van der Waals surface area contributed by atoms with E-state index in [1.807, 2.05) is 18.2 Å². The van der Waals surface area contributed by atoms with Crippen molar-refractivity contribution in [2.75, 3.05) is 5.32 Å². The van der Waals surface area contributed by atoms with Crippen molar-refractivity contribution in [3.8, 4) is 0 Å². The van der Waals surface area contributed by atoms with E-state index >= 15 is 0 Å². The van der Waals surface area contributed by atoms with Crippen molar-refractivity contribution >= 4 is 28.8 Å². The van der Waals surface area contributed by atoms with Crippen LogP contribution in [0.25, 0.3) is 5.52 Å². The summed E-state index contributed by atoms with van der Waals surface area (Å²) in [6.07, 6.45) is 4.56. The number of amides is 1. The standard InChI is InChI=1S/C12H8ClN5O/c13-10-5-11(15-7-14-10)17-12(19)8-6-16-18-4-2-1-3-9(8)18/h1-7H,(H,14,15,17,19). The van der Waals surface area contributed by atoms with Gasteiger partial charge in [-0.15, -0.1) is 0 Å².